The third-order valence-corrected chi connectivity index (χ3v) is 6.56. The van der Waals surface area contributed by atoms with Gasteiger partial charge in [-0.15, -0.1) is 11.3 Å². The van der Waals surface area contributed by atoms with E-state index in [2.05, 4.69) is 4.72 Å². The molecule has 0 saturated heterocycles. The molecular weight excluding hydrogens is 344 g/mol. The third kappa shape index (κ3) is 4.80. The molecule has 7 heteroatoms. The van der Waals surface area contributed by atoms with Gasteiger partial charge in [-0.25, -0.2) is 13.1 Å². The molecule has 0 amide bonds. The van der Waals surface area contributed by atoms with E-state index in [9.17, 15) is 8.42 Å². The molecule has 0 radical (unpaired) electrons. The minimum atomic E-state index is -3.48. The lowest BCUT2D eigenvalue weighted by Gasteiger charge is -2.25. The molecule has 0 aliphatic heterocycles. The van der Waals surface area contributed by atoms with E-state index in [-0.39, 0.29) is 6.04 Å². The van der Waals surface area contributed by atoms with Crippen molar-refractivity contribution in [1.29, 1.82) is 0 Å². The largest absolute Gasteiger partial charge is 0.494 e. The highest BCUT2D eigenvalue weighted by Crippen LogP contribution is 2.23. The van der Waals surface area contributed by atoms with Crippen molar-refractivity contribution in [1.82, 2.24) is 9.62 Å². The molecule has 5 nitrogen and oxygen atoms in total. The van der Waals surface area contributed by atoms with Gasteiger partial charge in [-0.05, 0) is 57.8 Å². The van der Waals surface area contributed by atoms with Crippen LogP contribution in [0, 0.1) is 6.92 Å². The van der Waals surface area contributed by atoms with Gasteiger partial charge in [-0.2, -0.15) is 0 Å². The van der Waals surface area contributed by atoms with Crippen LogP contribution in [-0.4, -0.2) is 40.6 Å². The first-order chi connectivity index (χ1) is 11.3. The fraction of sp³-hybridized carbons (Fsp3) is 0.412. The lowest BCUT2D eigenvalue weighted by molar-refractivity contribution is 0.298. The summed E-state index contributed by atoms with van der Waals surface area (Å²) in [5.41, 5.74) is 1.04. The minimum Gasteiger partial charge on any atom is -0.494 e. The van der Waals surface area contributed by atoms with Crippen LogP contribution in [0.4, 0.5) is 0 Å². The second-order valence-corrected chi connectivity index (χ2v) is 8.98. The number of thiophene rings is 1. The molecule has 24 heavy (non-hydrogen) atoms. The van der Waals surface area contributed by atoms with Gasteiger partial charge < -0.3 is 9.64 Å². The van der Waals surface area contributed by atoms with Crippen molar-refractivity contribution in [2.24, 2.45) is 0 Å². The molecule has 2 rings (SSSR count). The summed E-state index contributed by atoms with van der Waals surface area (Å²) >= 11 is 1.28. The maximum absolute atomic E-state index is 12.4. The Morgan fingerprint density at radius 2 is 1.83 bits per heavy atom. The Bertz CT molecular complexity index is 752. The highest BCUT2D eigenvalue weighted by molar-refractivity contribution is 7.91. The topological polar surface area (TPSA) is 58.6 Å². The summed E-state index contributed by atoms with van der Waals surface area (Å²) in [6.07, 6.45) is 0. The second kappa shape index (κ2) is 8.11. The standard InChI is InChI=1S/C17H24N2O3S2/c1-5-22-15-9-7-14(8-10-15)16(19(3)4)12-18-24(20,21)17-11-6-13(2)23-17/h6-11,16,18H,5,12H2,1-4H3. The minimum absolute atomic E-state index is 0.0588. The SMILES string of the molecule is CCOc1ccc(C(CNS(=O)(=O)c2ccc(C)s2)N(C)C)cc1. The molecule has 0 bridgehead atoms. The monoisotopic (exact) mass is 368 g/mol. The Morgan fingerprint density at radius 3 is 2.33 bits per heavy atom. The zero-order chi connectivity index (χ0) is 17.7. The number of sulfonamides is 1. The first-order valence-electron chi connectivity index (χ1n) is 7.78. The number of rotatable bonds is 8. The van der Waals surface area contributed by atoms with Crippen LogP contribution in [0.2, 0.25) is 0 Å². The quantitative estimate of drug-likeness (QED) is 0.778. The summed E-state index contributed by atoms with van der Waals surface area (Å²) in [6.45, 7) is 4.76. The van der Waals surface area contributed by atoms with Gasteiger partial charge >= 0.3 is 0 Å². The van der Waals surface area contributed by atoms with Crippen LogP contribution in [-0.2, 0) is 10.0 Å². The lowest BCUT2D eigenvalue weighted by Crippen LogP contribution is -2.34. The normalized spacial score (nSPS) is 13.2. The predicted molar refractivity (Wildman–Crippen MR) is 98.3 cm³/mol. The molecule has 1 atom stereocenters. The van der Waals surface area contributed by atoms with Crippen molar-refractivity contribution < 1.29 is 13.2 Å². The van der Waals surface area contributed by atoms with E-state index in [1.807, 2.05) is 63.2 Å². The summed E-state index contributed by atoms with van der Waals surface area (Å²) in [5.74, 6) is 0.813. The Hall–Kier alpha value is -1.41. The van der Waals surface area contributed by atoms with Gasteiger partial charge in [0.05, 0.1) is 6.61 Å². The van der Waals surface area contributed by atoms with E-state index >= 15 is 0 Å². The third-order valence-electron chi connectivity index (χ3n) is 3.65. The first-order valence-corrected chi connectivity index (χ1v) is 10.1. The summed E-state index contributed by atoms with van der Waals surface area (Å²) in [7, 11) is 0.395. The van der Waals surface area contributed by atoms with E-state index < -0.39 is 10.0 Å². The number of hydrogen-bond acceptors (Lipinski definition) is 5. The summed E-state index contributed by atoms with van der Waals surface area (Å²) < 4.78 is 33.3. The molecule has 1 N–H and O–H groups in total. The predicted octanol–water partition coefficient (Wildman–Crippen LogP) is 3.04. The fourth-order valence-electron chi connectivity index (χ4n) is 2.37. The van der Waals surface area contributed by atoms with Crippen molar-refractivity contribution in [3.63, 3.8) is 0 Å². The molecule has 0 spiro atoms. The van der Waals surface area contributed by atoms with Crippen molar-refractivity contribution in [3.05, 3.63) is 46.8 Å². The molecule has 0 aliphatic rings. The van der Waals surface area contributed by atoms with Gasteiger partial charge in [0.2, 0.25) is 10.0 Å². The van der Waals surface area contributed by atoms with Crippen LogP contribution in [0.15, 0.2) is 40.6 Å². The molecular formula is C17H24N2O3S2. The maximum atomic E-state index is 12.4. The average molecular weight is 369 g/mol. The van der Waals surface area contributed by atoms with Crippen LogP contribution in [0.25, 0.3) is 0 Å². The molecule has 132 valence electrons. The highest BCUT2D eigenvalue weighted by Gasteiger charge is 2.20. The van der Waals surface area contributed by atoms with Gasteiger partial charge in [0.15, 0.2) is 0 Å². The first kappa shape index (κ1) is 18.9. The summed E-state index contributed by atoms with van der Waals surface area (Å²) in [6, 6.07) is 11.2. The van der Waals surface area contributed by atoms with Crippen molar-refractivity contribution in [2.75, 3.05) is 27.2 Å². The number of benzene rings is 1. The van der Waals surface area contributed by atoms with Gasteiger partial charge in [0.1, 0.15) is 9.96 Å². The zero-order valence-corrected chi connectivity index (χ0v) is 16.1. The number of nitrogens with zero attached hydrogens (tertiary/aromatic N) is 1. The van der Waals surface area contributed by atoms with E-state index in [0.717, 1.165) is 16.2 Å². The number of hydrogen-bond donors (Lipinski definition) is 1. The number of ether oxygens (including phenoxy) is 1. The van der Waals surface area contributed by atoms with E-state index in [4.69, 9.17) is 4.74 Å². The Labute approximate surface area is 148 Å². The average Bonchev–Trinajstić information content (AvgIpc) is 2.96. The van der Waals surface area contributed by atoms with Gasteiger partial charge in [0.25, 0.3) is 0 Å². The van der Waals surface area contributed by atoms with Crippen LogP contribution >= 0.6 is 11.3 Å². The fourth-order valence-corrected chi connectivity index (χ4v) is 4.73. The molecule has 0 fully saturated rings. The lowest BCUT2D eigenvalue weighted by atomic mass is 10.1. The molecule has 1 heterocycles. The number of nitrogens with one attached hydrogen (secondary N) is 1. The zero-order valence-electron chi connectivity index (χ0n) is 14.4. The molecule has 0 aliphatic carbocycles. The molecule has 1 aromatic heterocycles. The number of likely N-dealkylation sites (N-methyl/N-ethyl adjacent to an activating group) is 1. The van der Waals surface area contributed by atoms with Gasteiger partial charge in [0, 0.05) is 17.5 Å². The molecule has 1 unspecified atom stereocenters. The van der Waals surface area contributed by atoms with E-state index in [1.165, 1.54) is 11.3 Å². The van der Waals surface area contributed by atoms with Crippen molar-refractivity contribution in [3.8, 4) is 5.75 Å². The highest BCUT2D eigenvalue weighted by atomic mass is 32.2. The van der Waals surface area contributed by atoms with E-state index in [1.54, 1.807) is 6.07 Å². The van der Waals surface area contributed by atoms with Crippen LogP contribution < -0.4 is 9.46 Å². The number of aryl methyl sites for hydroxylation is 1. The van der Waals surface area contributed by atoms with Gasteiger partial charge in [-0.3, -0.25) is 0 Å². The maximum Gasteiger partial charge on any atom is 0.250 e. The van der Waals surface area contributed by atoms with Gasteiger partial charge in [-0.1, -0.05) is 12.1 Å². The van der Waals surface area contributed by atoms with Crippen molar-refractivity contribution >= 4 is 21.4 Å². The van der Waals surface area contributed by atoms with Crippen molar-refractivity contribution in [2.45, 2.75) is 24.1 Å². The van der Waals surface area contributed by atoms with Crippen LogP contribution in [0.1, 0.15) is 23.4 Å². The molecule has 0 saturated carbocycles. The molecule has 1 aromatic carbocycles. The Kier molecular flexibility index (Phi) is 6.40. The smallest absolute Gasteiger partial charge is 0.250 e. The second-order valence-electron chi connectivity index (χ2n) is 5.70. The summed E-state index contributed by atoms with van der Waals surface area (Å²) in [5, 5.41) is 0. The van der Waals surface area contributed by atoms with Crippen LogP contribution in [0.3, 0.4) is 0 Å². The summed E-state index contributed by atoms with van der Waals surface area (Å²) in [4.78, 5) is 2.98. The Morgan fingerprint density at radius 1 is 1.17 bits per heavy atom. The van der Waals surface area contributed by atoms with Crippen LogP contribution in [0.5, 0.6) is 5.75 Å². The van der Waals surface area contributed by atoms with E-state index in [0.29, 0.717) is 17.4 Å². The Balaban J connectivity index is 2.11. The molecule has 2 aromatic rings.